The predicted molar refractivity (Wildman–Crippen MR) is 94.4 cm³/mol. The molecule has 0 radical (unpaired) electrons. The minimum absolute atomic E-state index is 0.0680. The summed E-state index contributed by atoms with van der Waals surface area (Å²) in [6, 6.07) is 8.72. The SMILES string of the molecule is CNC(=O)C1(Nc2cccc(F)c2)CCN(S(=O)(=O)c2cccnc2)C1. The molecule has 1 saturated heterocycles. The van der Waals surface area contributed by atoms with Crippen LogP contribution in [0.3, 0.4) is 0 Å². The van der Waals surface area contributed by atoms with E-state index in [1.54, 1.807) is 12.1 Å². The average Bonchev–Trinajstić information content (AvgIpc) is 3.08. The van der Waals surface area contributed by atoms with Crippen LogP contribution in [0, 0.1) is 5.82 Å². The van der Waals surface area contributed by atoms with Crippen molar-refractivity contribution in [2.75, 3.05) is 25.5 Å². The smallest absolute Gasteiger partial charge is 0.246 e. The number of hydrogen-bond donors (Lipinski definition) is 2. The van der Waals surface area contributed by atoms with Gasteiger partial charge < -0.3 is 10.6 Å². The van der Waals surface area contributed by atoms with Crippen molar-refractivity contribution in [3.05, 3.63) is 54.6 Å². The molecule has 2 N–H and O–H groups in total. The molecule has 0 bridgehead atoms. The number of anilines is 1. The van der Waals surface area contributed by atoms with Gasteiger partial charge in [-0.1, -0.05) is 6.07 Å². The number of nitrogens with zero attached hydrogens (tertiary/aromatic N) is 2. The van der Waals surface area contributed by atoms with E-state index in [9.17, 15) is 17.6 Å². The highest BCUT2D eigenvalue weighted by Gasteiger charge is 2.48. The molecule has 1 fully saturated rings. The molecule has 7 nitrogen and oxygen atoms in total. The molecule has 3 rings (SSSR count). The van der Waals surface area contributed by atoms with Crippen LogP contribution in [0.25, 0.3) is 0 Å². The Morgan fingerprint density at radius 2 is 2.12 bits per heavy atom. The minimum atomic E-state index is -3.78. The third-order valence-corrected chi connectivity index (χ3v) is 6.21. The van der Waals surface area contributed by atoms with Crippen LogP contribution in [0.1, 0.15) is 6.42 Å². The molecule has 9 heteroatoms. The molecule has 1 atom stereocenters. The van der Waals surface area contributed by atoms with Gasteiger partial charge in [0.05, 0.1) is 0 Å². The summed E-state index contributed by atoms with van der Waals surface area (Å²) in [6.45, 7) is 0.0907. The zero-order valence-electron chi connectivity index (χ0n) is 14.1. The Kier molecular flexibility index (Phi) is 4.92. The molecule has 0 spiro atoms. The molecule has 1 aliphatic heterocycles. The summed E-state index contributed by atoms with van der Waals surface area (Å²) in [5, 5.41) is 5.59. The van der Waals surface area contributed by atoms with Gasteiger partial charge in [-0.05, 0) is 36.8 Å². The van der Waals surface area contributed by atoms with Crippen molar-refractivity contribution in [2.24, 2.45) is 0 Å². The summed E-state index contributed by atoms with van der Waals surface area (Å²) in [5.74, 6) is -0.800. The molecule has 0 aliphatic carbocycles. The van der Waals surface area contributed by atoms with E-state index >= 15 is 0 Å². The van der Waals surface area contributed by atoms with Gasteiger partial charge in [0.2, 0.25) is 15.9 Å². The highest BCUT2D eigenvalue weighted by molar-refractivity contribution is 7.89. The number of carbonyl (C=O) groups is 1. The molecule has 2 heterocycles. The molecule has 1 aromatic carbocycles. The lowest BCUT2D eigenvalue weighted by molar-refractivity contribution is -0.124. The fraction of sp³-hybridized carbons (Fsp3) is 0.294. The van der Waals surface area contributed by atoms with E-state index in [-0.39, 0.29) is 30.3 Å². The molecule has 1 amide bonds. The average molecular weight is 378 g/mol. The maximum Gasteiger partial charge on any atom is 0.246 e. The second kappa shape index (κ2) is 7.00. The predicted octanol–water partition coefficient (Wildman–Crippen LogP) is 1.21. The molecule has 0 saturated carbocycles. The summed E-state index contributed by atoms with van der Waals surface area (Å²) in [6.07, 6.45) is 3.02. The lowest BCUT2D eigenvalue weighted by atomic mass is 9.97. The summed E-state index contributed by atoms with van der Waals surface area (Å²) >= 11 is 0. The number of likely N-dealkylation sites (N-methyl/N-ethyl adjacent to an activating group) is 1. The van der Waals surface area contributed by atoms with Crippen LogP contribution in [0.5, 0.6) is 0 Å². The molecule has 1 aliphatic rings. The highest BCUT2D eigenvalue weighted by atomic mass is 32.2. The van der Waals surface area contributed by atoms with Crippen LogP contribution in [-0.2, 0) is 14.8 Å². The third kappa shape index (κ3) is 3.40. The largest absolute Gasteiger partial charge is 0.370 e. The first-order valence-corrected chi connectivity index (χ1v) is 9.47. The Bertz CT molecular complexity index is 907. The number of pyridine rings is 1. The summed E-state index contributed by atoms with van der Waals surface area (Å²) in [5.41, 5.74) is -0.771. The Hall–Kier alpha value is -2.52. The molecule has 1 unspecified atom stereocenters. The second-order valence-corrected chi connectivity index (χ2v) is 8.01. The molecular weight excluding hydrogens is 359 g/mol. The third-order valence-electron chi connectivity index (χ3n) is 4.38. The first kappa shape index (κ1) is 18.3. The lowest BCUT2D eigenvalue weighted by Gasteiger charge is -2.29. The van der Waals surface area contributed by atoms with Gasteiger partial charge in [-0.15, -0.1) is 0 Å². The van der Waals surface area contributed by atoms with E-state index < -0.39 is 21.4 Å². The number of halogens is 1. The summed E-state index contributed by atoms with van der Waals surface area (Å²) < 4.78 is 40.3. The standard InChI is InChI=1S/C17H19FN4O3S/c1-19-16(23)17(21-14-5-2-4-13(18)10-14)7-9-22(12-17)26(24,25)15-6-3-8-20-11-15/h2-6,8,10-11,21H,7,9,12H2,1H3,(H,19,23). The van der Waals surface area contributed by atoms with Gasteiger partial charge in [-0.3, -0.25) is 9.78 Å². The molecular formula is C17H19FN4O3S. The first-order chi connectivity index (χ1) is 12.4. The van der Waals surface area contributed by atoms with E-state index in [4.69, 9.17) is 0 Å². The number of hydrogen-bond acceptors (Lipinski definition) is 5. The zero-order valence-corrected chi connectivity index (χ0v) is 15.0. The number of carbonyl (C=O) groups excluding carboxylic acids is 1. The quantitative estimate of drug-likeness (QED) is 0.816. The number of rotatable bonds is 5. The van der Waals surface area contributed by atoms with Gasteiger partial charge >= 0.3 is 0 Å². The van der Waals surface area contributed by atoms with Gasteiger partial charge in [0.1, 0.15) is 16.3 Å². The number of aromatic nitrogens is 1. The molecule has 1 aromatic heterocycles. The number of benzene rings is 1. The van der Waals surface area contributed by atoms with Crippen molar-refractivity contribution in [1.29, 1.82) is 0 Å². The maximum atomic E-state index is 13.5. The number of sulfonamides is 1. The second-order valence-electron chi connectivity index (χ2n) is 6.07. The van der Waals surface area contributed by atoms with Crippen LogP contribution in [0.15, 0.2) is 53.7 Å². The Labute approximate surface area is 151 Å². The van der Waals surface area contributed by atoms with Gasteiger partial charge in [0.15, 0.2) is 0 Å². The van der Waals surface area contributed by atoms with E-state index in [0.29, 0.717) is 5.69 Å². The number of nitrogens with one attached hydrogen (secondary N) is 2. The van der Waals surface area contributed by atoms with Crippen molar-refractivity contribution in [1.82, 2.24) is 14.6 Å². The van der Waals surface area contributed by atoms with Crippen LogP contribution in [0.4, 0.5) is 10.1 Å². The molecule has 138 valence electrons. The van der Waals surface area contributed by atoms with Gasteiger partial charge in [0.25, 0.3) is 0 Å². The van der Waals surface area contributed by atoms with Crippen LogP contribution in [0.2, 0.25) is 0 Å². The fourth-order valence-corrected chi connectivity index (χ4v) is 4.52. The Balaban J connectivity index is 1.90. The lowest BCUT2D eigenvalue weighted by Crippen LogP contribution is -2.54. The monoisotopic (exact) mass is 378 g/mol. The topological polar surface area (TPSA) is 91.4 Å². The van der Waals surface area contributed by atoms with Crippen molar-refractivity contribution in [2.45, 2.75) is 16.9 Å². The van der Waals surface area contributed by atoms with Crippen molar-refractivity contribution in [3.63, 3.8) is 0 Å². The number of amides is 1. The highest BCUT2D eigenvalue weighted by Crippen LogP contribution is 2.30. The minimum Gasteiger partial charge on any atom is -0.370 e. The Morgan fingerprint density at radius 1 is 1.31 bits per heavy atom. The van der Waals surface area contributed by atoms with Crippen LogP contribution >= 0.6 is 0 Å². The van der Waals surface area contributed by atoms with Gasteiger partial charge in [-0.2, -0.15) is 4.31 Å². The van der Waals surface area contributed by atoms with E-state index in [2.05, 4.69) is 15.6 Å². The fourth-order valence-electron chi connectivity index (χ4n) is 3.05. The van der Waals surface area contributed by atoms with Gasteiger partial charge in [0, 0.05) is 38.2 Å². The van der Waals surface area contributed by atoms with Crippen LogP contribution < -0.4 is 10.6 Å². The normalized spacial score (nSPS) is 20.7. The van der Waals surface area contributed by atoms with Crippen molar-refractivity contribution in [3.8, 4) is 0 Å². The van der Waals surface area contributed by atoms with E-state index in [1.807, 2.05) is 0 Å². The van der Waals surface area contributed by atoms with Crippen molar-refractivity contribution < 1.29 is 17.6 Å². The van der Waals surface area contributed by atoms with Crippen LogP contribution in [-0.4, -0.2) is 49.3 Å². The maximum absolute atomic E-state index is 13.5. The summed E-state index contributed by atoms with van der Waals surface area (Å²) in [4.78, 5) is 16.4. The van der Waals surface area contributed by atoms with Crippen molar-refractivity contribution >= 4 is 21.6 Å². The molecule has 2 aromatic rings. The van der Waals surface area contributed by atoms with Gasteiger partial charge in [-0.25, -0.2) is 12.8 Å². The van der Waals surface area contributed by atoms with E-state index in [1.165, 1.54) is 48.0 Å². The summed E-state index contributed by atoms with van der Waals surface area (Å²) in [7, 11) is -2.29. The first-order valence-electron chi connectivity index (χ1n) is 8.03. The Morgan fingerprint density at radius 3 is 2.77 bits per heavy atom. The van der Waals surface area contributed by atoms with E-state index in [0.717, 1.165) is 0 Å². The molecule has 26 heavy (non-hydrogen) atoms. The zero-order chi connectivity index (χ0) is 18.8.